The lowest BCUT2D eigenvalue weighted by Gasteiger charge is -2.18. The van der Waals surface area contributed by atoms with Crippen molar-refractivity contribution in [2.45, 2.75) is 6.42 Å². The summed E-state index contributed by atoms with van der Waals surface area (Å²) in [5, 5.41) is 19.7. The van der Waals surface area contributed by atoms with Crippen molar-refractivity contribution in [3.05, 3.63) is 26.9 Å². The molecule has 6 nitrogen and oxygen atoms in total. The molecule has 7 heteroatoms. The number of aliphatic hydroxyl groups excluding tert-OH is 1. The summed E-state index contributed by atoms with van der Waals surface area (Å²) < 4.78 is 0.616. The van der Waals surface area contributed by atoms with Crippen molar-refractivity contribution in [1.82, 2.24) is 4.98 Å². The van der Waals surface area contributed by atoms with E-state index in [1.807, 2.05) is 4.90 Å². The van der Waals surface area contributed by atoms with Crippen LogP contribution in [0.2, 0.25) is 0 Å². The third kappa shape index (κ3) is 2.55. The molecule has 1 aromatic rings. The van der Waals surface area contributed by atoms with Crippen LogP contribution in [0.4, 0.5) is 11.5 Å². The number of anilines is 1. The van der Waals surface area contributed by atoms with Gasteiger partial charge in [0.15, 0.2) is 0 Å². The molecule has 1 unspecified atom stereocenters. The summed E-state index contributed by atoms with van der Waals surface area (Å²) in [5.41, 5.74) is -0.0291. The van der Waals surface area contributed by atoms with Gasteiger partial charge in [0.25, 0.3) is 5.69 Å². The number of pyridine rings is 1. The molecule has 1 atom stereocenters. The van der Waals surface area contributed by atoms with Crippen molar-refractivity contribution < 1.29 is 10.0 Å². The van der Waals surface area contributed by atoms with Crippen molar-refractivity contribution in [3.63, 3.8) is 0 Å². The summed E-state index contributed by atoms with van der Waals surface area (Å²) in [5.74, 6) is 0.963. The standard InChI is InChI=1S/C10H12BrN3O3/c11-9-3-8(14(16)17)4-12-10(9)13-2-1-7(5-13)6-15/h3-4,7,15H,1-2,5-6H2. The Morgan fingerprint density at radius 1 is 1.71 bits per heavy atom. The van der Waals surface area contributed by atoms with Crippen LogP contribution < -0.4 is 4.90 Å². The van der Waals surface area contributed by atoms with Gasteiger partial charge in [0.1, 0.15) is 12.0 Å². The number of hydrogen-bond donors (Lipinski definition) is 1. The SMILES string of the molecule is O=[N+]([O-])c1cnc(N2CCC(CO)C2)c(Br)c1. The topological polar surface area (TPSA) is 79.5 Å². The molecular weight excluding hydrogens is 290 g/mol. The fourth-order valence-electron chi connectivity index (χ4n) is 1.93. The number of nitrogens with zero attached hydrogens (tertiary/aromatic N) is 3. The van der Waals surface area contributed by atoms with E-state index in [1.54, 1.807) is 0 Å². The molecule has 0 radical (unpaired) electrons. The van der Waals surface area contributed by atoms with E-state index in [-0.39, 0.29) is 18.2 Å². The van der Waals surface area contributed by atoms with Gasteiger partial charge < -0.3 is 10.0 Å². The molecule has 2 heterocycles. The van der Waals surface area contributed by atoms with Gasteiger partial charge >= 0.3 is 0 Å². The Bertz CT molecular complexity index is 441. The molecule has 1 aromatic heterocycles. The van der Waals surface area contributed by atoms with E-state index in [4.69, 9.17) is 5.11 Å². The van der Waals surface area contributed by atoms with Crippen molar-refractivity contribution in [3.8, 4) is 0 Å². The van der Waals surface area contributed by atoms with Crippen LogP contribution in [0, 0.1) is 16.0 Å². The van der Waals surface area contributed by atoms with Crippen molar-refractivity contribution in [1.29, 1.82) is 0 Å². The quantitative estimate of drug-likeness (QED) is 0.677. The van der Waals surface area contributed by atoms with E-state index in [1.165, 1.54) is 12.3 Å². The van der Waals surface area contributed by atoms with E-state index in [0.717, 1.165) is 19.5 Å². The average molecular weight is 302 g/mol. The Morgan fingerprint density at radius 3 is 3.00 bits per heavy atom. The highest BCUT2D eigenvalue weighted by atomic mass is 79.9. The first kappa shape index (κ1) is 12.3. The Morgan fingerprint density at radius 2 is 2.47 bits per heavy atom. The van der Waals surface area contributed by atoms with Gasteiger partial charge in [-0.25, -0.2) is 4.98 Å². The molecule has 0 bridgehead atoms. The maximum absolute atomic E-state index is 10.6. The van der Waals surface area contributed by atoms with Crippen molar-refractivity contribution in [2.75, 3.05) is 24.6 Å². The molecule has 2 rings (SSSR count). The maximum atomic E-state index is 10.6. The molecule has 0 amide bonds. The lowest BCUT2D eigenvalue weighted by Crippen LogP contribution is -2.22. The molecule has 1 aliphatic rings. The van der Waals surface area contributed by atoms with Crippen LogP contribution in [0.3, 0.4) is 0 Å². The highest BCUT2D eigenvalue weighted by Crippen LogP contribution is 2.30. The van der Waals surface area contributed by atoms with Gasteiger partial charge in [-0.05, 0) is 22.4 Å². The Kier molecular flexibility index (Phi) is 3.58. The van der Waals surface area contributed by atoms with Crippen LogP contribution in [0.15, 0.2) is 16.7 Å². The molecule has 0 aromatic carbocycles. The van der Waals surface area contributed by atoms with E-state index in [9.17, 15) is 10.1 Å². The van der Waals surface area contributed by atoms with Gasteiger partial charge in [-0.1, -0.05) is 0 Å². The third-order valence-corrected chi connectivity index (χ3v) is 3.45. The molecular formula is C10H12BrN3O3. The number of hydrogen-bond acceptors (Lipinski definition) is 5. The van der Waals surface area contributed by atoms with Crippen molar-refractivity contribution in [2.24, 2.45) is 5.92 Å². The van der Waals surface area contributed by atoms with Crippen LogP contribution >= 0.6 is 15.9 Å². The second kappa shape index (κ2) is 4.97. The van der Waals surface area contributed by atoms with Crippen molar-refractivity contribution >= 4 is 27.4 Å². The zero-order valence-corrected chi connectivity index (χ0v) is 10.6. The highest BCUT2D eigenvalue weighted by Gasteiger charge is 2.25. The van der Waals surface area contributed by atoms with Crippen LogP contribution in [0.1, 0.15) is 6.42 Å². The zero-order valence-electron chi connectivity index (χ0n) is 9.04. The molecule has 1 N–H and O–H groups in total. The normalized spacial score (nSPS) is 19.6. The average Bonchev–Trinajstić information content (AvgIpc) is 2.77. The molecule has 1 saturated heterocycles. The fraction of sp³-hybridized carbons (Fsp3) is 0.500. The first-order valence-corrected chi connectivity index (χ1v) is 6.07. The van der Waals surface area contributed by atoms with Crippen LogP contribution in [-0.2, 0) is 0 Å². The smallest absolute Gasteiger partial charge is 0.288 e. The Labute approximate surface area is 107 Å². The lowest BCUT2D eigenvalue weighted by atomic mass is 10.1. The minimum atomic E-state index is -0.470. The first-order chi connectivity index (χ1) is 8.11. The van der Waals surface area contributed by atoms with E-state index in [2.05, 4.69) is 20.9 Å². The number of nitro groups is 1. The number of halogens is 1. The molecule has 0 aliphatic carbocycles. The maximum Gasteiger partial charge on any atom is 0.288 e. The predicted molar refractivity (Wildman–Crippen MR) is 66.0 cm³/mol. The molecule has 1 fully saturated rings. The second-order valence-corrected chi connectivity index (χ2v) is 4.89. The Balaban J connectivity index is 2.20. The molecule has 92 valence electrons. The van der Waals surface area contributed by atoms with Gasteiger partial charge in [0.05, 0.1) is 9.40 Å². The summed E-state index contributed by atoms with van der Waals surface area (Å²) in [4.78, 5) is 16.2. The number of rotatable bonds is 3. The molecule has 0 saturated carbocycles. The van der Waals surface area contributed by atoms with Gasteiger partial charge in [-0.15, -0.1) is 0 Å². The zero-order chi connectivity index (χ0) is 12.4. The number of aliphatic hydroxyl groups is 1. The van der Waals surface area contributed by atoms with Crippen LogP contribution in [0.5, 0.6) is 0 Å². The third-order valence-electron chi connectivity index (χ3n) is 2.86. The summed E-state index contributed by atoms with van der Waals surface area (Å²) in [6, 6.07) is 1.45. The monoisotopic (exact) mass is 301 g/mol. The highest BCUT2D eigenvalue weighted by molar-refractivity contribution is 9.10. The van der Waals surface area contributed by atoms with Gasteiger partial charge in [0, 0.05) is 31.7 Å². The molecule has 0 spiro atoms. The largest absolute Gasteiger partial charge is 0.396 e. The number of aromatic nitrogens is 1. The summed E-state index contributed by atoms with van der Waals surface area (Å²) in [6.07, 6.45) is 2.17. The second-order valence-electron chi connectivity index (χ2n) is 4.04. The summed E-state index contributed by atoms with van der Waals surface area (Å²) in [7, 11) is 0. The summed E-state index contributed by atoms with van der Waals surface area (Å²) >= 11 is 3.30. The summed E-state index contributed by atoms with van der Waals surface area (Å²) in [6.45, 7) is 1.72. The fourth-order valence-corrected chi connectivity index (χ4v) is 2.51. The van der Waals surface area contributed by atoms with Gasteiger partial charge in [0.2, 0.25) is 0 Å². The van der Waals surface area contributed by atoms with Crippen LogP contribution in [-0.4, -0.2) is 34.7 Å². The van der Waals surface area contributed by atoms with E-state index < -0.39 is 4.92 Å². The minimum Gasteiger partial charge on any atom is -0.396 e. The Hall–Kier alpha value is -1.21. The molecule has 1 aliphatic heterocycles. The van der Waals surface area contributed by atoms with Crippen LogP contribution in [0.25, 0.3) is 0 Å². The minimum absolute atomic E-state index is 0.0291. The lowest BCUT2D eigenvalue weighted by molar-refractivity contribution is -0.385. The van der Waals surface area contributed by atoms with E-state index in [0.29, 0.717) is 10.3 Å². The first-order valence-electron chi connectivity index (χ1n) is 5.27. The molecule has 17 heavy (non-hydrogen) atoms. The van der Waals surface area contributed by atoms with E-state index >= 15 is 0 Å². The van der Waals surface area contributed by atoms with Gasteiger partial charge in [-0.2, -0.15) is 0 Å². The predicted octanol–water partition coefficient (Wildman–Crippen LogP) is 1.57. The van der Waals surface area contributed by atoms with Gasteiger partial charge in [-0.3, -0.25) is 10.1 Å².